The van der Waals surface area contributed by atoms with Crippen LogP contribution in [-0.4, -0.2) is 27.7 Å². The fourth-order valence-electron chi connectivity index (χ4n) is 2.47. The summed E-state index contributed by atoms with van der Waals surface area (Å²) in [4.78, 5) is 23.5. The third-order valence-corrected chi connectivity index (χ3v) is 4.59. The Morgan fingerprint density at radius 1 is 1.35 bits per heavy atom. The number of aliphatic imine (C=N–C) groups is 1. The molecule has 26 heavy (non-hydrogen) atoms. The first-order valence-corrected chi connectivity index (χ1v) is 8.61. The van der Waals surface area contributed by atoms with E-state index < -0.39 is 4.92 Å². The Balaban J connectivity index is 1.60. The van der Waals surface area contributed by atoms with Gasteiger partial charge in [0, 0.05) is 35.5 Å². The molecule has 130 valence electrons. The second kappa shape index (κ2) is 6.52. The summed E-state index contributed by atoms with van der Waals surface area (Å²) in [6.45, 7) is 2.31. The zero-order valence-electron chi connectivity index (χ0n) is 13.7. The van der Waals surface area contributed by atoms with Gasteiger partial charge in [0.25, 0.3) is 5.69 Å². The molecule has 1 aromatic carbocycles. The molecule has 0 atom stereocenters. The van der Waals surface area contributed by atoms with Crippen LogP contribution in [0.5, 0.6) is 5.75 Å². The lowest BCUT2D eigenvalue weighted by molar-refractivity contribution is -0.384. The molecule has 3 heterocycles. The number of fused-ring (bicyclic) bond motifs is 1. The van der Waals surface area contributed by atoms with Gasteiger partial charge in [-0.25, -0.2) is 15.0 Å². The molecule has 0 amide bonds. The number of hydrogen-bond acceptors (Lipinski definition) is 8. The largest absolute Gasteiger partial charge is 0.484 e. The average molecular weight is 367 g/mol. The van der Waals surface area contributed by atoms with Crippen LogP contribution in [0.25, 0.3) is 11.3 Å². The van der Waals surface area contributed by atoms with Crippen molar-refractivity contribution in [3.63, 3.8) is 0 Å². The van der Waals surface area contributed by atoms with Gasteiger partial charge in [-0.3, -0.25) is 10.1 Å². The number of nitro groups is 1. The van der Waals surface area contributed by atoms with Crippen molar-refractivity contribution >= 4 is 39.9 Å². The maximum Gasteiger partial charge on any atom is 0.271 e. The monoisotopic (exact) mass is 367 g/mol. The first kappa shape index (κ1) is 16.2. The SMILES string of the molecule is Cc1ccc([N+](=O)[O-])cc1Nc1nc(-c2cnc3c(c2)OCC=N3)cs1. The Morgan fingerprint density at radius 3 is 3.08 bits per heavy atom. The molecule has 2 aromatic heterocycles. The lowest BCUT2D eigenvalue weighted by atomic mass is 10.2. The molecule has 3 aromatic rings. The number of nitrogens with zero attached hydrogens (tertiary/aromatic N) is 4. The van der Waals surface area contributed by atoms with Crippen LogP contribution in [0, 0.1) is 17.0 Å². The molecular formula is C17H13N5O3S. The highest BCUT2D eigenvalue weighted by Gasteiger charge is 2.14. The van der Waals surface area contributed by atoms with E-state index in [1.54, 1.807) is 18.5 Å². The van der Waals surface area contributed by atoms with Gasteiger partial charge in [0.15, 0.2) is 16.7 Å². The van der Waals surface area contributed by atoms with Gasteiger partial charge in [0.1, 0.15) is 6.61 Å². The van der Waals surface area contributed by atoms with Crippen LogP contribution in [-0.2, 0) is 0 Å². The second-order valence-corrected chi connectivity index (χ2v) is 6.45. The van der Waals surface area contributed by atoms with Gasteiger partial charge in [0.05, 0.1) is 16.3 Å². The lowest BCUT2D eigenvalue weighted by Crippen LogP contribution is -2.03. The average Bonchev–Trinajstić information content (AvgIpc) is 3.11. The number of hydrogen-bond donors (Lipinski definition) is 1. The third-order valence-electron chi connectivity index (χ3n) is 3.83. The zero-order valence-corrected chi connectivity index (χ0v) is 14.5. The molecule has 0 saturated carbocycles. The molecule has 0 radical (unpaired) electrons. The van der Waals surface area contributed by atoms with Crippen molar-refractivity contribution < 1.29 is 9.66 Å². The van der Waals surface area contributed by atoms with Crippen LogP contribution in [0.15, 0.2) is 40.8 Å². The Labute approximate surface area is 152 Å². The molecule has 4 rings (SSSR count). The Morgan fingerprint density at radius 2 is 2.23 bits per heavy atom. The van der Waals surface area contributed by atoms with Crippen LogP contribution in [0.2, 0.25) is 0 Å². The fourth-order valence-corrected chi connectivity index (χ4v) is 3.20. The Kier molecular flexibility index (Phi) is 4.05. The number of nitro benzene ring substituents is 1. The molecule has 1 aliphatic rings. The highest BCUT2D eigenvalue weighted by molar-refractivity contribution is 7.14. The van der Waals surface area contributed by atoms with E-state index in [1.807, 2.05) is 18.4 Å². The second-order valence-electron chi connectivity index (χ2n) is 5.59. The number of nitrogens with one attached hydrogen (secondary N) is 1. The van der Waals surface area contributed by atoms with Crippen molar-refractivity contribution in [3.8, 4) is 17.0 Å². The molecule has 0 spiro atoms. The molecule has 8 nitrogen and oxygen atoms in total. The summed E-state index contributed by atoms with van der Waals surface area (Å²) in [5.41, 5.74) is 3.15. The minimum Gasteiger partial charge on any atom is -0.484 e. The summed E-state index contributed by atoms with van der Waals surface area (Å²) in [6.07, 6.45) is 3.36. The minimum atomic E-state index is -0.417. The van der Waals surface area contributed by atoms with E-state index in [1.165, 1.54) is 23.5 Å². The van der Waals surface area contributed by atoms with Crippen molar-refractivity contribution in [1.29, 1.82) is 0 Å². The van der Waals surface area contributed by atoms with E-state index >= 15 is 0 Å². The van der Waals surface area contributed by atoms with E-state index in [-0.39, 0.29) is 5.69 Å². The van der Waals surface area contributed by atoms with Crippen LogP contribution >= 0.6 is 11.3 Å². The van der Waals surface area contributed by atoms with Crippen molar-refractivity contribution in [2.45, 2.75) is 6.92 Å². The molecule has 1 N–H and O–H groups in total. The summed E-state index contributed by atoms with van der Waals surface area (Å²) in [5.74, 6) is 1.18. The maximum absolute atomic E-state index is 11.0. The maximum atomic E-state index is 11.0. The zero-order chi connectivity index (χ0) is 18.1. The number of rotatable bonds is 4. The number of aryl methyl sites for hydroxylation is 1. The van der Waals surface area contributed by atoms with Crippen LogP contribution in [0.1, 0.15) is 5.56 Å². The summed E-state index contributed by atoms with van der Waals surface area (Å²) >= 11 is 1.41. The van der Waals surface area contributed by atoms with Crippen molar-refractivity contribution in [3.05, 3.63) is 51.5 Å². The first-order valence-electron chi connectivity index (χ1n) is 7.73. The Bertz CT molecular complexity index is 1030. The van der Waals surface area contributed by atoms with Crippen molar-refractivity contribution in [2.75, 3.05) is 11.9 Å². The van der Waals surface area contributed by atoms with Gasteiger partial charge in [-0.15, -0.1) is 11.3 Å². The van der Waals surface area contributed by atoms with E-state index in [0.29, 0.717) is 29.0 Å². The number of non-ortho nitro benzene ring substituents is 1. The highest BCUT2D eigenvalue weighted by atomic mass is 32.1. The van der Waals surface area contributed by atoms with E-state index in [4.69, 9.17) is 4.74 Å². The van der Waals surface area contributed by atoms with Gasteiger partial charge in [-0.1, -0.05) is 6.07 Å². The summed E-state index contributed by atoms with van der Waals surface area (Å²) in [7, 11) is 0. The Hall–Kier alpha value is -3.33. The topological polar surface area (TPSA) is 103 Å². The number of aromatic nitrogens is 2. The standard InChI is InChI=1S/C17H13N5O3S/c1-10-2-3-12(22(23)24)7-13(10)20-17-21-14(9-26-17)11-6-15-16(19-8-11)18-4-5-25-15/h2-4,6-9H,5H2,1H3,(H,20,21). The highest BCUT2D eigenvalue weighted by Crippen LogP contribution is 2.34. The first-order chi connectivity index (χ1) is 12.6. The quantitative estimate of drug-likeness (QED) is 0.546. The molecule has 0 unspecified atom stereocenters. The summed E-state index contributed by atoms with van der Waals surface area (Å²) in [6, 6.07) is 6.55. The van der Waals surface area contributed by atoms with Gasteiger partial charge in [0.2, 0.25) is 0 Å². The molecule has 0 aliphatic carbocycles. The molecular weight excluding hydrogens is 354 g/mol. The number of anilines is 2. The molecule has 0 fully saturated rings. The van der Waals surface area contributed by atoms with Gasteiger partial charge >= 0.3 is 0 Å². The van der Waals surface area contributed by atoms with E-state index in [2.05, 4.69) is 20.3 Å². The van der Waals surface area contributed by atoms with Gasteiger partial charge in [-0.2, -0.15) is 0 Å². The van der Waals surface area contributed by atoms with Crippen LogP contribution in [0.3, 0.4) is 0 Å². The predicted molar refractivity (Wildman–Crippen MR) is 100 cm³/mol. The number of pyridine rings is 1. The number of ether oxygens (including phenoxy) is 1. The smallest absolute Gasteiger partial charge is 0.271 e. The summed E-state index contributed by atoms with van der Waals surface area (Å²) in [5, 5.41) is 16.6. The molecule has 0 saturated heterocycles. The van der Waals surface area contributed by atoms with Gasteiger partial charge in [-0.05, 0) is 18.6 Å². The third kappa shape index (κ3) is 3.11. The van der Waals surface area contributed by atoms with Crippen molar-refractivity contribution in [1.82, 2.24) is 9.97 Å². The van der Waals surface area contributed by atoms with E-state index in [0.717, 1.165) is 16.8 Å². The number of thiazole rings is 1. The number of benzene rings is 1. The minimum absolute atomic E-state index is 0.0338. The lowest BCUT2D eigenvalue weighted by Gasteiger charge is -2.11. The molecule has 1 aliphatic heterocycles. The summed E-state index contributed by atoms with van der Waals surface area (Å²) < 4.78 is 5.52. The van der Waals surface area contributed by atoms with Crippen LogP contribution < -0.4 is 10.1 Å². The molecule has 9 heteroatoms. The predicted octanol–water partition coefficient (Wildman–Crippen LogP) is 4.26. The van der Waals surface area contributed by atoms with Crippen LogP contribution in [0.4, 0.5) is 22.3 Å². The fraction of sp³-hybridized carbons (Fsp3) is 0.118. The van der Waals surface area contributed by atoms with E-state index in [9.17, 15) is 10.1 Å². The normalized spacial score (nSPS) is 12.3. The van der Waals surface area contributed by atoms with Crippen molar-refractivity contribution in [2.24, 2.45) is 4.99 Å². The van der Waals surface area contributed by atoms with Gasteiger partial charge < -0.3 is 10.1 Å². The molecule has 0 bridgehead atoms.